The molecule has 0 aliphatic rings. The van der Waals surface area contributed by atoms with Crippen LogP contribution in [0.3, 0.4) is 0 Å². The maximum absolute atomic E-state index is 12.2. The molecule has 0 unspecified atom stereocenters. The van der Waals surface area contributed by atoms with E-state index in [1.54, 1.807) is 18.2 Å². The first-order chi connectivity index (χ1) is 9.45. The third kappa shape index (κ3) is 3.55. The minimum absolute atomic E-state index is 0.211. The Kier molecular flexibility index (Phi) is 4.36. The Balaban J connectivity index is 2.27. The molecule has 1 N–H and O–H groups in total. The van der Waals surface area contributed by atoms with Crippen molar-refractivity contribution in [3.05, 3.63) is 39.9 Å². The summed E-state index contributed by atoms with van der Waals surface area (Å²) in [5.74, 6) is -0.681. The zero-order valence-corrected chi connectivity index (χ0v) is 12.3. The first-order valence-electron chi connectivity index (χ1n) is 5.67. The van der Waals surface area contributed by atoms with E-state index >= 15 is 0 Å². The number of anilines is 1. The molecule has 5 nitrogen and oxygen atoms in total. The molecule has 7 heteroatoms. The number of aryl methyl sites for hydroxylation is 1. The van der Waals surface area contributed by atoms with E-state index < -0.39 is 11.9 Å². The zero-order chi connectivity index (χ0) is 14.7. The fraction of sp³-hybridized carbons (Fsp3) is 0.154. The first kappa shape index (κ1) is 14.5. The normalized spacial score (nSPS) is 10.2. The van der Waals surface area contributed by atoms with E-state index in [1.165, 1.54) is 13.1 Å². The second-order valence-corrected chi connectivity index (χ2v) is 5.68. The van der Waals surface area contributed by atoms with Gasteiger partial charge in [0.1, 0.15) is 10.1 Å². The highest BCUT2D eigenvalue weighted by molar-refractivity contribution is 7.19. The van der Waals surface area contributed by atoms with Crippen LogP contribution in [0.15, 0.2) is 24.4 Å². The fourth-order valence-corrected chi connectivity index (χ4v) is 2.35. The van der Waals surface area contributed by atoms with Crippen molar-refractivity contribution in [1.82, 2.24) is 4.98 Å². The highest BCUT2D eigenvalue weighted by Gasteiger charge is 2.16. The first-order valence-corrected chi connectivity index (χ1v) is 6.87. The number of hydrogen-bond acceptors (Lipinski definition) is 5. The predicted molar refractivity (Wildman–Crippen MR) is 77.6 cm³/mol. The van der Waals surface area contributed by atoms with Gasteiger partial charge >= 0.3 is 5.97 Å². The summed E-state index contributed by atoms with van der Waals surface area (Å²) in [7, 11) is 0. The molecule has 0 fully saturated rings. The number of hydrogen-bond donors (Lipinski definition) is 1. The van der Waals surface area contributed by atoms with Crippen LogP contribution in [-0.2, 0) is 4.79 Å². The number of thiazole rings is 1. The number of carbonyl (C=O) groups excluding carboxylic acids is 2. The van der Waals surface area contributed by atoms with Crippen molar-refractivity contribution >= 4 is 39.9 Å². The summed E-state index contributed by atoms with van der Waals surface area (Å²) in [6.07, 6.45) is 1.45. The number of nitrogens with zero attached hydrogens (tertiary/aromatic N) is 1. The molecule has 0 bridgehead atoms. The Morgan fingerprint density at radius 1 is 1.40 bits per heavy atom. The molecule has 0 aliphatic heterocycles. The van der Waals surface area contributed by atoms with Crippen molar-refractivity contribution in [1.29, 1.82) is 0 Å². The van der Waals surface area contributed by atoms with E-state index in [-0.39, 0.29) is 11.3 Å². The standard InChI is InChI=1S/C13H11ClN2O3S/c1-7-3-4-10(19-8(2)17)9(5-7)12(18)16-13-15-6-11(14)20-13/h3-6H,1-2H3,(H,15,16,18). The summed E-state index contributed by atoms with van der Waals surface area (Å²) in [4.78, 5) is 27.2. The van der Waals surface area contributed by atoms with E-state index in [0.717, 1.165) is 16.9 Å². The molecule has 1 amide bonds. The fourth-order valence-electron chi connectivity index (χ4n) is 1.54. The Bertz CT molecular complexity index is 669. The minimum atomic E-state index is -0.486. The van der Waals surface area contributed by atoms with Crippen molar-refractivity contribution in [2.45, 2.75) is 13.8 Å². The monoisotopic (exact) mass is 310 g/mol. The Hall–Kier alpha value is -1.92. The molecule has 0 spiro atoms. The molecule has 20 heavy (non-hydrogen) atoms. The number of amides is 1. The van der Waals surface area contributed by atoms with Gasteiger partial charge in [-0.25, -0.2) is 4.98 Å². The number of nitrogens with one attached hydrogen (secondary N) is 1. The summed E-state index contributed by atoms with van der Waals surface area (Å²) in [6, 6.07) is 4.98. The van der Waals surface area contributed by atoms with Crippen molar-refractivity contribution < 1.29 is 14.3 Å². The van der Waals surface area contributed by atoms with Crippen molar-refractivity contribution in [3.63, 3.8) is 0 Å². The van der Waals surface area contributed by atoms with E-state index in [0.29, 0.717) is 9.47 Å². The summed E-state index contributed by atoms with van der Waals surface area (Å²) < 4.78 is 5.50. The molecule has 1 heterocycles. The van der Waals surface area contributed by atoms with Gasteiger partial charge in [0, 0.05) is 6.92 Å². The molecule has 0 atom stereocenters. The van der Waals surface area contributed by atoms with Crippen LogP contribution in [0.5, 0.6) is 5.75 Å². The van der Waals surface area contributed by atoms with Gasteiger partial charge in [-0.3, -0.25) is 14.9 Å². The molecule has 1 aromatic heterocycles. The third-order valence-corrected chi connectivity index (χ3v) is 3.36. The lowest BCUT2D eigenvalue weighted by molar-refractivity contribution is -0.131. The number of aromatic nitrogens is 1. The van der Waals surface area contributed by atoms with Crippen LogP contribution in [0, 0.1) is 6.92 Å². The van der Waals surface area contributed by atoms with Crippen molar-refractivity contribution in [2.24, 2.45) is 0 Å². The molecule has 104 valence electrons. The van der Waals surface area contributed by atoms with Gasteiger partial charge in [0.05, 0.1) is 11.8 Å². The molecule has 2 rings (SSSR count). The maximum Gasteiger partial charge on any atom is 0.308 e. The highest BCUT2D eigenvalue weighted by Crippen LogP contribution is 2.25. The summed E-state index contributed by atoms with van der Waals surface area (Å²) in [6.45, 7) is 3.12. The van der Waals surface area contributed by atoms with Gasteiger partial charge in [-0.2, -0.15) is 0 Å². The average molecular weight is 311 g/mol. The third-order valence-electron chi connectivity index (χ3n) is 2.33. The predicted octanol–water partition coefficient (Wildman–Crippen LogP) is 3.28. The molecule has 2 aromatic rings. The number of benzene rings is 1. The maximum atomic E-state index is 12.2. The van der Waals surface area contributed by atoms with E-state index in [1.807, 2.05) is 6.92 Å². The number of esters is 1. The smallest absolute Gasteiger partial charge is 0.308 e. The molecular formula is C13H11ClN2O3S. The van der Waals surface area contributed by atoms with Crippen LogP contribution in [-0.4, -0.2) is 16.9 Å². The van der Waals surface area contributed by atoms with Crippen LogP contribution in [0.2, 0.25) is 4.34 Å². The van der Waals surface area contributed by atoms with Crippen LogP contribution in [0.4, 0.5) is 5.13 Å². The zero-order valence-electron chi connectivity index (χ0n) is 10.8. The van der Waals surface area contributed by atoms with Crippen molar-refractivity contribution in [3.8, 4) is 5.75 Å². The van der Waals surface area contributed by atoms with E-state index in [9.17, 15) is 9.59 Å². The van der Waals surface area contributed by atoms with E-state index in [4.69, 9.17) is 16.3 Å². The average Bonchev–Trinajstić information content (AvgIpc) is 2.76. The van der Waals surface area contributed by atoms with Crippen LogP contribution in [0.25, 0.3) is 0 Å². The lowest BCUT2D eigenvalue weighted by Gasteiger charge is -2.09. The second kappa shape index (κ2) is 6.02. The van der Waals surface area contributed by atoms with Crippen LogP contribution < -0.4 is 10.1 Å². The van der Waals surface area contributed by atoms with Gasteiger partial charge in [0.25, 0.3) is 5.91 Å². The van der Waals surface area contributed by atoms with Gasteiger partial charge in [0.15, 0.2) is 5.13 Å². The summed E-state index contributed by atoms with van der Waals surface area (Å²) >= 11 is 6.90. The van der Waals surface area contributed by atoms with Crippen molar-refractivity contribution in [2.75, 3.05) is 5.32 Å². The lowest BCUT2D eigenvalue weighted by Crippen LogP contribution is -2.15. The molecule has 0 radical (unpaired) electrons. The van der Waals surface area contributed by atoms with E-state index in [2.05, 4.69) is 10.3 Å². The molecule has 0 saturated heterocycles. The Morgan fingerprint density at radius 3 is 2.75 bits per heavy atom. The molecule has 0 aliphatic carbocycles. The SMILES string of the molecule is CC(=O)Oc1ccc(C)cc1C(=O)Nc1ncc(Cl)s1. The molecule has 0 saturated carbocycles. The number of halogens is 1. The van der Waals surface area contributed by atoms with Crippen LogP contribution >= 0.6 is 22.9 Å². The summed E-state index contributed by atoms with van der Waals surface area (Å²) in [5.41, 5.74) is 1.15. The lowest BCUT2D eigenvalue weighted by atomic mass is 10.1. The van der Waals surface area contributed by atoms with Gasteiger partial charge in [-0.15, -0.1) is 0 Å². The number of carbonyl (C=O) groups is 2. The quantitative estimate of drug-likeness (QED) is 0.698. The Morgan fingerprint density at radius 2 is 2.15 bits per heavy atom. The highest BCUT2D eigenvalue weighted by atomic mass is 35.5. The second-order valence-electron chi connectivity index (χ2n) is 4.02. The minimum Gasteiger partial charge on any atom is -0.426 e. The topological polar surface area (TPSA) is 68.3 Å². The van der Waals surface area contributed by atoms with Gasteiger partial charge in [0.2, 0.25) is 0 Å². The molecular weight excluding hydrogens is 300 g/mol. The van der Waals surface area contributed by atoms with Gasteiger partial charge in [-0.05, 0) is 19.1 Å². The van der Waals surface area contributed by atoms with Gasteiger partial charge in [-0.1, -0.05) is 34.6 Å². The van der Waals surface area contributed by atoms with Gasteiger partial charge < -0.3 is 4.74 Å². The largest absolute Gasteiger partial charge is 0.426 e. The summed E-state index contributed by atoms with van der Waals surface area (Å²) in [5, 5.41) is 3.00. The van der Waals surface area contributed by atoms with Crippen LogP contribution in [0.1, 0.15) is 22.8 Å². The molecule has 1 aromatic carbocycles. The Labute approximate surface area is 124 Å². The number of rotatable bonds is 3. The number of ether oxygens (including phenoxy) is 1.